The first-order valence-electron chi connectivity index (χ1n) is 3.71. The normalized spacial score (nSPS) is 16.0. The van der Waals surface area contributed by atoms with Crippen LogP contribution in [0.3, 0.4) is 0 Å². The summed E-state index contributed by atoms with van der Waals surface area (Å²) in [5.41, 5.74) is 1.47. The van der Waals surface area contributed by atoms with Gasteiger partial charge in [-0.05, 0) is 37.5 Å². The largest absolute Gasteiger partial charge is 0.141 e. The summed E-state index contributed by atoms with van der Waals surface area (Å²) in [6.07, 6.45) is 4.23. The fraction of sp³-hybridized carbons (Fsp3) is 0.333. The van der Waals surface area contributed by atoms with E-state index in [2.05, 4.69) is 19.1 Å². The van der Waals surface area contributed by atoms with Crippen LogP contribution < -0.4 is 0 Å². The molecule has 58 valence electrons. The van der Waals surface area contributed by atoms with Crippen molar-refractivity contribution in [1.82, 2.24) is 0 Å². The average Bonchev–Trinajstić information content (AvgIpc) is 2.27. The lowest BCUT2D eigenvalue weighted by Crippen LogP contribution is -1.90. The average molecular weight is 185 g/mol. The molecule has 0 N–H and O–H groups in total. The summed E-state index contributed by atoms with van der Waals surface area (Å²) < 4.78 is 0. The van der Waals surface area contributed by atoms with E-state index >= 15 is 0 Å². The van der Waals surface area contributed by atoms with E-state index in [-0.39, 0.29) is 0 Å². The Morgan fingerprint density at radius 1 is 1.45 bits per heavy atom. The van der Waals surface area contributed by atoms with Gasteiger partial charge in [0.15, 0.2) is 0 Å². The summed E-state index contributed by atoms with van der Waals surface area (Å²) in [6.45, 7) is 2.14. The topological polar surface area (TPSA) is 0 Å². The first-order valence-corrected chi connectivity index (χ1v) is 4.90. The second-order valence-electron chi connectivity index (χ2n) is 2.84. The zero-order valence-electron chi connectivity index (χ0n) is 6.36. The molecule has 0 radical (unpaired) electrons. The van der Waals surface area contributed by atoms with Crippen molar-refractivity contribution in [2.24, 2.45) is 0 Å². The molecule has 1 aliphatic carbocycles. The van der Waals surface area contributed by atoms with Gasteiger partial charge in [-0.15, -0.1) is 11.3 Å². The minimum atomic E-state index is 0.999. The number of fused-ring (bicyclic) bond motifs is 1. The third-order valence-electron chi connectivity index (χ3n) is 1.89. The number of thiophene rings is 1. The molecule has 0 aliphatic heterocycles. The van der Waals surface area contributed by atoms with E-state index in [1.54, 1.807) is 0 Å². The molecule has 0 atom stereocenters. The molecule has 0 saturated heterocycles. The maximum absolute atomic E-state index is 5.92. The van der Waals surface area contributed by atoms with Crippen LogP contribution in [0.15, 0.2) is 11.1 Å². The molecule has 0 amide bonds. The van der Waals surface area contributed by atoms with Crippen LogP contribution in [0.1, 0.15) is 21.7 Å². The first kappa shape index (κ1) is 7.38. The van der Waals surface area contributed by atoms with Crippen molar-refractivity contribution in [3.05, 3.63) is 26.4 Å². The highest BCUT2D eigenvalue weighted by Crippen LogP contribution is 2.31. The van der Waals surface area contributed by atoms with Gasteiger partial charge in [0.05, 0.1) is 0 Å². The lowest BCUT2D eigenvalue weighted by atomic mass is 10.1. The van der Waals surface area contributed by atoms with Crippen LogP contribution in [-0.4, -0.2) is 0 Å². The van der Waals surface area contributed by atoms with E-state index in [0.717, 1.165) is 17.9 Å². The molecule has 2 heteroatoms. The highest BCUT2D eigenvalue weighted by atomic mass is 35.5. The number of halogens is 1. The van der Waals surface area contributed by atoms with Crippen molar-refractivity contribution in [3.8, 4) is 0 Å². The van der Waals surface area contributed by atoms with Gasteiger partial charge in [0.25, 0.3) is 0 Å². The van der Waals surface area contributed by atoms with E-state index in [9.17, 15) is 0 Å². The van der Waals surface area contributed by atoms with Gasteiger partial charge in [-0.3, -0.25) is 0 Å². The summed E-state index contributed by atoms with van der Waals surface area (Å²) in [6, 6.07) is 2.26. The first-order chi connectivity index (χ1) is 5.25. The van der Waals surface area contributed by atoms with Crippen LogP contribution in [0.5, 0.6) is 0 Å². The van der Waals surface area contributed by atoms with E-state index in [4.69, 9.17) is 11.6 Å². The van der Waals surface area contributed by atoms with Crippen LogP contribution in [0.4, 0.5) is 0 Å². The Kier molecular flexibility index (Phi) is 1.78. The van der Waals surface area contributed by atoms with E-state index in [1.807, 2.05) is 11.3 Å². The maximum atomic E-state index is 5.92. The molecule has 1 heterocycles. The Labute approximate surface area is 75.5 Å². The summed E-state index contributed by atoms with van der Waals surface area (Å²) >= 11 is 7.75. The summed E-state index contributed by atoms with van der Waals surface area (Å²) in [7, 11) is 0. The minimum absolute atomic E-state index is 0.999. The van der Waals surface area contributed by atoms with Crippen LogP contribution in [0.25, 0.3) is 6.08 Å². The molecule has 1 aromatic rings. The number of rotatable bonds is 0. The van der Waals surface area contributed by atoms with Gasteiger partial charge in [0, 0.05) is 14.8 Å². The lowest BCUT2D eigenvalue weighted by Gasteiger charge is -2.06. The van der Waals surface area contributed by atoms with Crippen molar-refractivity contribution in [2.45, 2.75) is 19.8 Å². The van der Waals surface area contributed by atoms with Gasteiger partial charge in [-0.1, -0.05) is 11.6 Å². The maximum Gasteiger partial charge on any atom is 0.0316 e. The lowest BCUT2D eigenvalue weighted by molar-refractivity contribution is 0.980. The molecule has 0 unspecified atom stereocenters. The summed E-state index contributed by atoms with van der Waals surface area (Å²) in [5.74, 6) is 0. The monoisotopic (exact) mass is 184 g/mol. The molecular formula is C9H9ClS. The second kappa shape index (κ2) is 2.65. The molecule has 0 aromatic carbocycles. The van der Waals surface area contributed by atoms with Crippen molar-refractivity contribution < 1.29 is 0 Å². The van der Waals surface area contributed by atoms with Crippen molar-refractivity contribution in [2.75, 3.05) is 0 Å². The fourth-order valence-electron chi connectivity index (χ4n) is 1.37. The van der Waals surface area contributed by atoms with Crippen molar-refractivity contribution >= 4 is 29.0 Å². The SMILES string of the molecule is Cc1cc2c(s1)C=C(Cl)CC2. The Hall–Kier alpha value is -0.270. The van der Waals surface area contributed by atoms with Gasteiger partial charge in [0.1, 0.15) is 0 Å². The van der Waals surface area contributed by atoms with Gasteiger partial charge < -0.3 is 0 Å². The summed E-state index contributed by atoms with van der Waals surface area (Å²) in [5, 5.41) is 0.999. The van der Waals surface area contributed by atoms with Crippen molar-refractivity contribution in [3.63, 3.8) is 0 Å². The van der Waals surface area contributed by atoms with E-state index < -0.39 is 0 Å². The second-order valence-corrected chi connectivity index (χ2v) is 4.61. The molecule has 2 rings (SSSR count). The van der Waals surface area contributed by atoms with Crippen LogP contribution >= 0.6 is 22.9 Å². The molecule has 1 aromatic heterocycles. The number of allylic oxidation sites excluding steroid dienone is 1. The molecule has 11 heavy (non-hydrogen) atoms. The minimum Gasteiger partial charge on any atom is -0.141 e. The predicted molar refractivity (Wildman–Crippen MR) is 51.2 cm³/mol. The molecule has 0 nitrogen and oxygen atoms in total. The zero-order chi connectivity index (χ0) is 7.84. The van der Waals surface area contributed by atoms with Crippen molar-refractivity contribution in [1.29, 1.82) is 0 Å². The number of hydrogen-bond donors (Lipinski definition) is 0. The highest BCUT2D eigenvalue weighted by Gasteiger charge is 2.10. The molecule has 0 saturated carbocycles. The molecular weight excluding hydrogens is 176 g/mol. The van der Waals surface area contributed by atoms with Gasteiger partial charge in [-0.25, -0.2) is 0 Å². The number of aryl methyl sites for hydroxylation is 2. The fourth-order valence-corrected chi connectivity index (χ4v) is 2.68. The number of hydrogen-bond acceptors (Lipinski definition) is 1. The molecule has 0 spiro atoms. The van der Waals surface area contributed by atoms with E-state index in [1.165, 1.54) is 15.3 Å². The molecule has 0 bridgehead atoms. The Balaban J connectivity index is 2.50. The zero-order valence-corrected chi connectivity index (χ0v) is 7.93. The third kappa shape index (κ3) is 1.35. The van der Waals surface area contributed by atoms with E-state index in [0.29, 0.717) is 0 Å². The van der Waals surface area contributed by atoms with Gasteiger partial charge >= 0.3 is 0 Å². The molecule has 1 aliphatic rings. The van der Waals surface area contributed by atoms with Crippen LogP contribution in [0.2, 0.25) is 0 Å². The van der Waals surface area contributed by atoms with Gasteiger partial charge in [0.2, 0.25) is 0 Å². The van der Waals surface area contributed by atoms with Gasteiger partial charge in [-0.2, -0.15) is 0 Å². The summed E-state index contributed by atoms with van der Waals surface area (Å²) in [4.78, 5) is 2.75. The Morgan fingerprint density at radius 3 is 3.09 bits per heavy atom. The quantitative estimate of drug-likeness (QED) is 0.578. The molecule has 0 fully saturated rings. The Bertz CT molecular complexity index is 309. The predicted octanol–water partition coefficient (Wildman–Crippen LogP) is 3.58. The van der Waals surface area contributed by atoms with Crippen LogP contribution in [-0.2, 0) is 6.42 Å². The smallest absolute Gasteiger partial charge is 0.0316 e. The standard InChI is InChI=1S/C9H9ClS/c1-6-4-7-2-3-8(10)5-9(7)11-6/h4-5H,2-3H2,1H3. The highest BCUT2D eigenvalue weighted by molar-refractivity contribution is 7.13. The third-order valence-corrected chi connectivity index (χ3v) is 3.22. The Morgan fingerprint density at radius 2 is 2.27 bits per heavy atom. The van der Waals surface area contributed by atoms with Crippen LogP contribution in [0, 0.1) is 6.92 Å².